The molecule has 0 aromatic carbocycles. The van der Waals surface area contributed by atoms with Crippen molar-refractivity contribution < 1.29 is 9.90 Å². The van der Waals surface area contributed by atoms with Crippen LogP contribution >= 0.6 is 0 Å². The molecule has 2 heteroatoms. The van der Waals surface area contributed by atoms with Crippen molar-refractivity contribution in [3.63, 3.8) is 0 Å². The van der Waals surface area contributed by atoms with Crippen LogP contribution in [0.2, 0.25) is 0 Å². The molecule has 1 N–H and O–H groups in total. The van der Waals surface area contributed by atoms with Gasteiger partial charge in [-0.1, -0.05) is 45.4 Å². The standard InChI is InChI=1S/C13H24O2/c1-2-3-5-10-12(13(14)15)11-8-6-4-7-9-11/h11-12H,2-10H2,1H3,(H,14,15). The third kappa shape index (κ3) is 4.23. The molecule has 1 saturated carbocycles. The van der Waals surface area contributed by atoms with E-state index in [0.717, 1.165) is 25.7 Å². The van der Waals surface area contributed by atoms with Crippen LogP contribution in [0.5, 0.6) is 0 Å². The largest absolute Gasteiger partial charge is 0.481 e. The molecule has 0 aromatic rings. The minimum absolute atomic E-state index is 0.0585. The van der Waals surface area contributed by atoms with Gasteiger partial charge >= 0.3 is 5.97 Å². The molecule has 0 amide bonds. The Morgan fingerprint density at radius 3 is 2.47 bits per heavy atom. The number of hydrogen-bond acceptors (Lipinski definition) is 1. The van der Waals surface area contributed by atoms with E-state index in [4.69, 9.17) is 0 Å². The molecular weight excluding hydrogens is 188 g/mol. The highest BCUT2D eigenvalue weighted by Gasteiger charge is 2.28. The molecule has 0 spiro atoms. The molecule has 0 aliphatic heterocycles. The Hall–Kier alpha value is -0.530. The van der Waals surface area contributed by atoms with Crippen molar-refractivity contribution in [2.75, 3.05) is 0 Å². The highest BCUT2D eigenvalue weighted by molar-refractivity contribution is 5.70. The molecule has 1 aliphatic rings. The number of hydrogen-bond donors (Lipinski definition) is 1. The molecule has 1 fully saturated rings. The van der Waals surface area contributed by atoms with Crippen LogP contribution in [0.15, 0.2) is 0 Å². The van der Waals surface area contributed by atoms with Crippen molar-refractivity contribution in [2.24, 2.45) is 11.8 Å². The molecule has 1 atom stereocenters. The second kappa shape index (κ2) is 6.86. The van der Waals surface area contributed by atoms with Crippen LogP contribution in [-0.2, 0) is 4.79 Å². The Morgan fingerprint density at radius 1 is 1.27 bits per heavy atom. The molecule has 2 nitrogen and oxygen atoms in total. The van der Waals surface area contributed by atoms with Crippen molar-refractivity contribution in [2.45, 2.75) is 64.7 Å². The van der Waals surface area contributed by atoms with E-state index >= 15 is 0 Å². The van der Waals surface area contributed by atoms with Gasteiger partial charge in [0.1, 0.15) is 0 Å². The SMILES string of the molecule is CCCCCC(C(=O)O)C1CCCCC1. The minimum atomic E-state index is -0.557. The molecule has 1 rings (SSSR count). The predicted molar refractivity (Wildman–Crippen MR) is 61.8 cm³/mol. The quantitative estimate of drug-likeness (QED) is 0.679. The molecule has 0 saturated heterocycles. The number of carboxylic acids is 1. The van der Waals surface area contributed by atoms with Crippen LogP contribution < -0.4 is 0 Å². The van der Waals surface area contributed by atoms with Crippen LogP contribution in [0.4, 0.5) is 0 Å². The smallest absolute Gasteiger partial charge is 0.306 e. The summed E-state index contributed by atoms with van der Waals surface area (Å²) in [5.74, 6) is -0.150. The first-order valence-electron chi connectivity index (χ1n) is 6.48. The average molecular weight is 212 g/mol. The summed E-state index contributed by atoms with van der Waals surface area (Å²) in [7, 11) is 0. The summed E-state index contributed by atoms with van der Waals surface area (Å²) in [4.78, 5) is 11.2. The highest BCUT2D eigenvalue weighted by atomic mass is 16.4. The Labute approximate surface area is 93.1 Å². The van der Waals surface area contributed by atoms with Gasteiger partial charge in [0, 0.05) is 0 Å². The Balaban J connectivity index is 2.37. The molecule has 0 radical (unpaired) electrons. The van der Waals surface area contributed by atoms with Crippen LogP contribution in [-0.4, -0.2) is 11.1 Å². The number of carboxylic acid groups (broad SMARTS) is 1. The van der Waals surface area contributed by atoms with Crippen LogP contribution in [0.1, 0.15) is 64.7 Å². The first kappa shape index (κ1) is 12.5. The maximum atomic E-state index is 11.2. The lowest BCUT2D eigenvalue weighted by atomic mass is 9.78. The maximum absolute atomic E-state index is 11.2. The van der Waals surface area contributed by atoms with Gasteiger partial charge in [0.15, 0.2) is 0 Å². The van der Waals surface area contributed by atoms with Gasteiger partial charge in [-0.25, -0.2) is 0 Å². The molecular formula is C13H24O2. The summed E-state index contributed by atoms with van der Waals surface area (Å²) in [5, 5.41) is 9.22. The van der Waals surface area contributed by atoms with Gasteiger partial charge in [-0.05, 0) is 25.2 Å². The second-order valence-electron chi connectivity index (χ2n) is 4.84. The lowest BCUT2D eigenvalue weighted by Gasteiger charge is -2.27. The molecule has 1 aliphatic carbocycles. The van der Waals surface area contributed by atoms with Gasteiger partial charge in [0.25, 0.3) is 0 Å². The van der Waals surface area contributed by atoms with E-state index in [1.807, 2.05) is 0 Å². The van der Waals surface area contributed by atoms with Gasteiger partial charge in [-0.2, -0.15) is 0 Å². The molecule has 88 valence electrons. The summed E-state index contributed by atoms with van der Waals surface area (Å²) in [6, 6.07) is 0. The summed E-state index contributed by atoms with van der Waals surface area (Å²) >= 11 is 0. The number of aliphatic carboxylic acids is 1. The summed E-state index contributed by atoms with van der Waals surface area (Å²) in [6.45, 7) is 2.16. The first-order valence-corrected chi connectivity index (χ1v) is 6.48. The van der Waals surface area contributed by atoms with Gasteiger partial charge < -0.3 is 5.11 Å². The Kier molecular flexibility index (Phi) is 5.74. The minimum Gasteiger partial charge on any atom is -0.481 e. The van der Waals surface area contributed by atoms with Crippen LogP contribution in [0.25, 0.3) is 0 Å². The number of carbonyl (C=O) groups is 1. The fraction of sp³-hybridized carbons (Fsp3) is 0.923. The Bertz CT molecular complexity index is 183. The van der Waals surface area contributed by atoms with Gasteiger partial charge in [0.05, 0.1) is 5.92 Å². The van der Waals surface area contributed by atoms with Crippen molar-refractivity contribution >= 4 is 5.97 Å². The third-order valence-corrected chi connectivity index (χ3v) is 3.65. The van der Waals surface area contributed by atoms with Crippen LogP contribution in [0, 0.1) is 11.8 Å². The highest BCUT2D eigenvalue weighted by Crippen LogP contribution is 2.32. The first-order chi connectivity index (χ1) is 7.25. The lowest BCUT2D eigenvalue weighted by Crippen LogP contribution is -2.25. The van der Waals surface area contributed by atoms with E-state index in [-0.39, 0.29) is 5.92 Å². The zero-order chi connectivity index (χ0) is 11.1. The summed E-state index contributed by atoms with van der Waals surface area (Å²) < 4.78 is 0. The summed E-state index contributed by atoms with van der Waals surface area (Å²) in [5.41, 5.74) is 0. The molecule has 15 heavy (non-hydrogen) atoms. The van der Waals surface area contributed by atoms with E-state index in [1.54, 1.807) is 0 Å². The third-order valence-electron chi connectivity index (χ3n) is 3.65. The van der Waals surface area contributed by atoms with Crippen molar-refractivity contribution in [3.05, 3.63) is 0 Å². The predicted octanol–water partition coefficient (Wildman–Crippen LogP) is 3.85. The van der Waals surface area contributed by atoms with Gasteiger partial charge in [-0.3, -0.25) is 4.79 Å². The fourth-order valence-electron chi connectivity index (χ4n) is 2.71. The molecule has 0 aromatic heterocycles. The zero-order valence-electron chi connectivity index (χ0n) is 9.87. The lowest BCUT2D eigenvalue weighted by molar-refractivity contribution is -0.144. The van der Waals surface area contributed by atoms with Crippen molar-refractivity contribution in [1.29, 1.82) is 0 Å². The molecule has 1 unspecified atom stereocenters. The summed E-state index contributed by atoms with van der Waals surface area (Å²) in [6.07, 6.45) is 10.4. The fourth-order valence-corrected chi connectivity index (χ4v) is 2.71. The van der Waals surface area contributed by atoms with E-state index in [1.165, 1.54) is 32.1 Å². The molecule has 0 bridgehead atoms. The van der Waals surface area contributed by atoms with E-state index < -0.39 is 5.97 Å². The second-order valence-corrected chi connectivity index (χ2v) is 4.84. The topological polar surface area (TPSA) is 37.3 Å². The van der Waals surface area contributed by atoms with Gasteiger partial charge in [-0.15, -0.1) is 0 Å². The van der Waals surface area contributed by atoms with E-state index in [9.17, 15) is 9.90 Å². The van der Waals surface area contributed by atoms with Gasteiger partial charge in [0.2, 0.25) is 0 Å². The average Bonchev–Trinajstić information content (AvgIpc) is 2.25. The Morgan fingerprint density at radius 2 is 1.93 bits per heavy atom. The monoisotopic (exact) mass is 212 g/mol. The zero-order valence-corrected chi connectivity index (χ0v) is 9.87. The van der Waals surface area contributed by atoms with Crippen molar-refractivity contribution in [3.8, 4) is 0 Å². The number of rotatable bonds is 6. The van der Waals surface area contributed by atoms with E-state index in [2.05, 4.69) is 6.92 Å². The normalized spacial score (nSPS) is 20.1. The maximum Gasteiger partial charge on any atom is 0.306 e. The van der Waals surface area contributed by atoms with Crippen LogP contribution in [0.3, 0.4) is 0 Å². The number of unbranched alkanes of at least 4 members (excludes halogenated alkanes) is 2. The van der Waals surface area contributed by atoms with Crippen molar-refractivity contribution in [1.82, 2.24) is 0 Å². The molecule has 0 heterocycles. The van der Waals surface area contributed by atoms with E-state index in [0.29, 0.717) is 5.92 Å².